The van der Waals surface area contributed by atoms with Crippen LogP contribution in [0.15, 0.2) is 36.5 Å². The van der Waals surface area contributed by atoms with Crippen molar-refractivity contribution in [2.75, 3.05) is 6.61 Å². The molecule has 0 atom stereocenters. The van der Waals surface area contributed by atoms with E-state index >= 15 is 0 Å². The average Bonchev–Trinajstić information content (AvgIpc) is 2.35. The summed E-state index contributed by atoms with van der Waals surface area (Å²) in [6.45, 7) is 2.52. The van der Waals surface area contributed by atoms with Crippen LogP contribution in [-0.2, 0) is 0 Å². The summed E-state index contributed by atoms with van der Waals surface area (Å²) in [5, 5.41) is 8.59. The molecular weight excluding hydrogens is 208 g/mol. The number of rotatable bonds is 11. The van der Waals surface area contributed by atoms with Gasteiger partial charge in [-0.1, -0.05) is 56.2 Å². The summed E-state index contributed by atoms with van der Waals surface area (Å²) in [5.74, 6) is 0. The van der Waals surface area contributed by atoms with Gasteiger partial charge in [0, 0.05) is 6.61 Å². The Kier molecular flexibility index (Phi) is 14.4. The summed E-state index contributed by atoms with van der Waals surface area (Å²) in [6, 6.07) is 0. The highest BCUT2D eigenvalue weighted by Gasteiger charge is 1.81. The number of allylic oxidation sites excluding steroid dienone is 6. The summed E-state index contributed by atoms with van der Waals surface area (Å²) >= 11 is 0. The molecule has 0 heterocycles. The van der Waals surface area contributed by atoms with Gasteiger partial charge in [-0.3, -0.25) is 0 Å². The van der Waals surface area contributed by atoms with Crippen molar-refractivity contribution in [3.63, 3.8) is 0 Å². The van der Waals surface area contributed by atoms with Gasteiger partial charge in [-0.05, 0) is 38.5 Å². The maximum atomic E-state index is 8.59. The van der Waals surface area contributed by atoms with E-state index in [2.05, 4.69) is 43.4 Å². The maximum absolute atomic E-state index is 8.59. The minimum absolute atomic E-state index is 0.290. The van der Waals surface area contributed by atoms with Crippen LogP contribution in [0.25, 0.3) is 0 Å². The van der Waals surface area contributed by atoms with Crippen molar-refractivity contribution in [3.8, 4) is 0 Å². The average molecular weight is 236 g/mol. The lowest BCUT2D eigenvalue weighted by atomic mass is 10.2. The fourth-order valence-corrected chi connectivity index (χ4v) is 1.47. The second kappa shape index (κ2) is 15.2. The fraction of sp³-hybridized carbons (Fsp3) is 0.625. The van der Waals surface area contributed by atoms with E-state index in [-0.39, 0.29) is 0 Å². The molecule has 0 aliphatic rings. The zero-order chi connectivity index (χ0) is 12.6. The third kappa shape index (κ3) is 15.2. The van der Waals surface area contributed by atoms with Crippen molar-refractivity contribution in [2.45, 2.75) is 58.3 Å². The third-order valence-corrected chi connectivity index (χ3v) is 2.54. The number of aliphatic hydroxyl groups is 1. The predicted molar refractivity (Wildman–Crippen MR) is 77.1 cm³/mol. The van der Waals surface area contributed by atoms with Crippen LogP contribution < -0.4 is 0 Å². The van der Waals surface area contributed by atoms with Gasteiger partial charge in [0.1, 0.15) is 0 Å². The Morgan fingerprint density at radius 3 is 1.82 bits per heavy atom. The monoisotopic (exact) mass is 236 g/mol. The van der Waals surface area contributed by atoms with Crippen molar-refractivity contribution >= 4 is 0 Å². The molecular formula is C16H28O. The lowest BCUT2D eigenvalue weighted by Crippen LogP contribution is -1.77. The van der Waals surface area contributed by atoms with E-state index in [1.807, 2.05) is 0 Å². The molecule has 0 saturated carbocycles. The molecule has 0 aliphatic carbocycles. The summed E-state index contributed by atoms with van der Waals surface area (Å²) in [7, 11) is 0. The van der Waals surface area contributed by atoms with Gasteiger partial charge < -0.3 is 5.11 Å². The molecule has 0 spiro atoms. The molecule has 0 saturated heterocycles. The van der Waals surface area contributed by atoms with Gasteiger partial charge in [0.25, 0.3) is 0 Å². The lowest BCUT2D eigenvalue weighted by molar-refractivity contribution is 0.289. The SMILES string of the molecule is CCCCC=CCCC/C=C\C=C\CCCO. The summed E-state index contributed by atoms with van der Waals surface area (Å²) in [4.78, 5) is 0. The number of aliphatic hydroxyl groups excluding tert-OH is 1. The van der Waals surface area contributed by atoms with E-state index in [0.29, 0.717) is 6.61 Å². The molecule has 0 aromatic heterocycles. The van der Waals surface area contributed by atoms with E-state index in [0.717, 1.165) is 19.3 Å². The van der Waals surface area contributed by atoms with E-state index in [1.54, 1.807) is 0 Å². The zero-order valence-corrected chi connectivity index (χ0v) is 11.3. The molecule has 0 aliphatic heterocycles. The second-order valence-corrected chi connectivity index (χ2v) is 4.27. The van der Waals surface area contributed by atoms with Crippen molar-refractivity contribution in [3.05, 3.63) is 36.5 Å². The molecule has 1 heteroatoms. The standard InChI is InChI=1S/C16H28O/c1-2-3-4-5-6-7-8-9-10-11-12-13-14-15-16-17/h5-6,10-13,17H,2-4,7-9,14-16H2,1H3/b6-5?,11-10-,13-12+. The molecule has 1 nitrogen and oxygen atoms in total. The Morgan fingerprint density at radius 2 is 1.24 bits per heavy atom. The summed E-state index contributed by atoms with van der Waals surface area (Å²) in [5.41, 5.74) is 0. The highest BCUT2D eigenvalue weighted by atomic mass is 16.2. The molecule has 0 bridgehead atoms. The maximum Gasteiger partial charge on any atom is 0.0433 e. The van der Waals surface area contributed by atoms with Crippen LogP contribution in [0.2, 0.25) is 0 Å². The van der Waals surface area contributed by atoms with Gasteiger partial charge in [0.2, 0.25) is 0 Å². The van der Waals surface area contributed by atoms with Crippen molar-refractivity contribution < 1.29 is 5.11 Å². The van der Waals surface area contributed by atoms with Crippen molar-refractivity contribution in [1.29, 1.82) is 0 Å². The summed E-state index contributed by atoms with van der Waals surface area (Å²) in [6.07, 6.45) is 22.4. The molecule has 0 fully saturated rings. The molecule has 1 N–H and O–H groups in total. The smallest absolute Gasteiger partial charge is 0.0433 e. The van der Waals surface area contributed by atoms with Gasteiger partial charge in [-0.2, -0.15) is 0 Å². The Bertz CT molecular complexity index is 214. The molecule has 0 aromatic carbocycles. The van der Waals surface area contributed by atoms with Crippen molar-refractivity contribution in [2.24, 2.45) is 0 Å². The second-order valence-electron chi connectivity index (χ2n) is 4.27. The van der Waals surface area contributed by atoms with Crippen LogP contribution in [0, 0.1) is 0 Å². The first-order chi connectivity index (χ1) is 8.41. The minimum Gasteiger partial charge on any atom is -0.396 e. The number of hydrogen-bond acceptors (Lipinski definition) is 1. The van der Waals surface area contributed by atoms with Crippen LogP contribution in [0.4, 0.5) is 0 Å². The molecule has 0 unspecified atom stereocenters. The molecule has 0 aromatic rings. The molecule has 0 amide bonds. The highest BCUT2D eigenvalue weighted by Crippen LogP contribution is 2.01. The zero-order valence-electron chi connectivity index (χ0n) is 11.3. The molecule has 98 valence electrons. The van der Waals surface area contributed by atoms with E-state index in [1.165, 1.54) is 32.1 Å². The van der Waals surface area contributed by atoms with Gasteiger partial charge in [-0.15, -0.1) is 0 Å². The fourth-order valence-electron chi connectivity index (χ4n) is 1.47. The predicted octanol–water partition coefficient (Wildman–Crippen LogP) is 4.79. The van der Waals surface area contributed by atoms with Crippen LogP contribution in [-0.4, -0.2) is 11.7 Å². The normalized spacial score (nSPS) is 12.4. The van der Waals surface area contributed by atoms with Gasteiger partial charge in [0.15, 0.2) is 0 Å². The largest absolute Gasteiger partial charge is 0.396 e. The van der Waals surface area contributed by atoms with E-state index in [9.17, 15) is 0 Å². The van der Waals surface area contributed by atoms with Gasteiger partial charge in [0.05, 0.1) is 0 Å². The first-order valence-electron chi connectivity index (χ1n) is 6.99. The van der Waals surface area contributed by atoms with Gasteiger partial charge in [-0.25, -0.2) is 0 Å². The number of unbranched alkanes of at least 4 members (excludes halogenated alkanes) is 5. The van der Waals surface area contributed by atoms with Crippen LogP contribution in [0.3, 0.4) is 0 Å². The first-order valence-corrected chi connectivity index (χ1v) is 6.99. The Labute approximate surface area is 107 Å². The quantitative estimate of drug-likeness (QED) is 0.311. The molecule has 17 heavy (non-hydrogen) atoms. The van der Waals surface area contributed by atoms with Crippen LogP contribution in [0.5, 0.6) is 0 Å². The molecule has 0 radical (unpaired) electrons. The van der Waals surface area contributed by atoms with Crippen molar-refractivity contribution in [1.82, 2.24) is 0 Å². The Hall–Kier alpha value is -0.820. The third-order valence-electron chi connectivity index (χ3n) is 2.54. The van der Waals surface area contributed by atoms with Crippen LogP contribution in [0.1, 0.15) is 58.3 Å². The Balaban J connectivity index is 3.24. The van der Waals surface area contributed by atoms with Gasteiger partial charge >= 0.3 is 0 Å². The Morgan fingerprint density at radius 1 is 0.706 bits per heavy atom. The summed E-state index contributed by atoms with van der Waals surface area (Å²) < 4.78 is 0. The topological polar surface area (TPSA) is 20.2 Å². The molecule has 0 rings (SSSR count). The van der Waals surface area contributed by atoms with E-state index in [4.69, 9.17) is 5.11 Å². The highest BCUT2D eigenvalue weighted by molar-refractivity contribution is 5.02. The van der Waals surface area contributed by atoms with Crippen LogP contribution >= 0.6 is 0 Å². The van der Waals surface area contributed by atoms with E-state index < -0.39 is 0 Å². The first kappa shape index (κ1) is 16.2. The lowest BCUT2D eigenvalue weighted by Gasteiger charge is -1.91. The minimum atomic E-state index is 0.290. The number of hydrogen-bond donors (Lipinski definition) is 1.